The first-order valence-electron chi connectivity index (χ1n) is 5.19. The average molecular weight is 282 g/mol. The number of alkyl halides is 3. The summed E-state index contributed by atoms with van der Waals surface area (Å²) >= 11 is 3.94. The molecule has 0 aromatic heterocycles. The highest BCUT2D eigenvalue weighted by atomic mass is 32.1. The molecule has 0 unspecified atom stereocenters. The quantitative estimate of drug-likeness (QED) is 0.615. The Bertz CT molecular complexity index is 358. The topological polar surface area (TPSA) is 27.7 Å². The Morgan fingerprint density at radius 3 is 2.28 bits per heavy atom. The largest absolute Gasteiger partial charge is 0.573 e. The molecule has 0 aliphatic rings. The normalized spacial score (nSPS) is 11.3. The SMILES string of the molecule is FC(F)(F)Oc1ccccc1OCCOCCS. The summed E-state index contributed by atoms with van der Waals surface area (Å²) in [7, 11) is 0. The maximum Gasteiger partial charge on any atom is 0.573 e. The average Bonchev–Trinajstić information content (AvgIpc) is 2.29. The van der Waals surface area contributed by atoms with E-state index in [2.05, 4.69) is 17.4 Å². The Balaban J connectivity index is 2.49. The summed E-state index contributed by atoms with van der Waals surface area (Å²) in [6.07, 6.45) is -4.73. The molecular formula is C11H13F3O3S. The number of rotatable bonds is 7. The van der Waals surface area contributed by atoms with Gasteiger partial charge in [0.2, 0.25) is 0 Å². The lowest BCUT2D eigenvalue weighted by Crippen LogP contribution is -2.18. The fraction of sp³-hybridized carbons (Fsp3) is 0.455. The molecule has 0 aliphatic carbocycles. The van der Waals surface area contributed by atoms with Crippen molar-refractivity contribution >= 4 is 12.6 Å². The monoisotopic (exact) mass is 282 g/mol. The van der Waals surface area contributed by atoms with Crippen molar-refractivity contribution in [3.8, 4) is 11.5 Å². The zero-order valence-corrected chi connectivity index (χ0v) is 10.3. The summed E-state index contributed by atoms with van der Waals surface area (Å²) in [5, 5.41) is 0. The lowest BCUT2D eigenvalue weighted by atomic mass is 10.3. The molecule has 0 saturated carbocycles. The van der Waals surface area contributed by atoms with E-state index in [4.69, 9.17) is 9.47 Å². The molecule has 0 aliphatic heterocycles. The summed E-state index contributed by atoms with van der Waals surface area (Å²) in [5.74, 6) is 0.247. The van der Waals surface area contributed by atoms with Crippen LogP contribution in [-0.2, 0) is 4.74 Å². The smallest absolute Gasteiger partial charge is 0.487 e. The molecule has 0 radical (unpaired) electrons. The predicted octanol–water partition coefficient (Wildman–Crippen LogP) is 2.91. The van der Waals surface area contributed by atoms with Gasteiger partial charge in [-0.2, -0.15) is 12.6 Å². The van der Waals surface area contributed by atoms with Crippen molar-refractivity contribution in [2.45, 2.75) is 6.36 Å². The van der Waals surface area contributed by atoms with Crippen molar-refractivity contribution in [3.05, 3.63) is 24.3 Å². The van der Waals surface area contributed by atoms with Crippen molar-refractivity contribution < 1.29 is 27.4 Å². The van der Waals surface area contributed by atoms with Gasteiger partial charge in [0.15, 0.2) is 11.5 Å². The second-order valence-electron chi connectivity index (χ2n) is 3.18. The number of hydrogen-bond donors (Lipinski definition) is 1. The molecule has 0 heterocycles. The van der Waals surface area contributed by atoms with Crippen molar-refractivity contribution in [1.29, 1.82) is 0 Å². The number of hydrogen-bond acceptors (Lipinski definition) is 4. The Kier molecular flexibility index (Phi) is 6.14. The third-order valence-corrected chi connectivity index (χ3v) is 1.98. The van der Waals surface area contributed by atoms with Gasteiger partial charge in [0.1, 0.15) is 6.61 Å². The lowest BCUT2D eigenvalue weighted by Gasteiger charge is -2.13. The zero-order chi connectivity index (χ0) is 13.4. The third kappa shape index (κ3) is 6.02. The zero-order valence-electron chi connectivity index (χ0n) is 9.44. The number of benzene rings is 1. The van der Waals surface area contributed by atoms with Gasteiger partial charge >= 0.3 is 6.36 Å². The molecule has 0 amide bonds. The van der Waals surface area contributed by atoms with Gasteiger partial charge in [0.05, 0.1) is 13.2 Å². The first-order valence-corrected chi connectivity index (χ1v) is 5.82. The van der Waals surface area contributed by atoms with E-state index in [9.17, 15) is 13.2 Å². The first-order chi connectivity index (χ1) is 8.53. The maximum atomic E-state index is 12.1. The standard InChI is InChI=1S/C11H13F3O3S/c12-11(13,14)17-10-4-2-1-3-9(10)16-6-5-15-7-8-18/h1-4,18H,5-8H2. The van der Waals surface area contributed by atoms with Crippen LogP contribution < -0.4 is 9.47 Å². The fourth-order valence-electron chi connectivity index (χ4n) is 1.16. The third-order valence-electron chi connectivity index (χ3n) is 1.80. The summed E-state index contributed by atoms with van der Waals surface area (Å²) in [5.41, 5.74) is 0. The second kappa shape index (κ2) is 7.38. The van der Waals surface area contributed by atoms with Gasteiger partial charge in [-0.1, -0.05) is 12.1 Å². The molecular weight excluding hydrogens is 269 g/mol. The van der Waals surface area contributed by atoms with E-state index in [1.807, 2.05) is 0 Å². The highest BCUT2D eigenvalue weighted by Crippen LogP contribution is 2.31. The molecule has 3 nitrogen and oxygen atoms in total. The van der Waals surface area contributed by atoms with Crippen LogP contribution in [0, 0.1) is 0 Å². The van der Waals surface area contributed by atoms with Crippen LogP contribution in [0.3, 0.4) is 0 Å². The van der Waals surface area contributed by atoms with E-state index in [-0.39, 0.29) is 24.7 Å². The van der Waals surface area contributed by atoms with E-state index in [0.29, 0.717) is 12.4 Å². The summed E-state index contributed by atoms with van der Waals surface area (Å²) in [6, 6.07) is 5.59. The molecule has 18 heavy (non-hydrogen) atoms. The number of para-hydroxylation sites is 2. The van der Waals surface area contributed by atoms with Crippen LogP contribution in [0.4, 0.5) is 13.2 Å². The van der Waals surface area contributed by atoms with Crippen molar-refractivity contribution in [2.75, 3.05) is 25.6 Å². The Morgan fingerprint density at radius 2 is 1.67 bits per heavy atom. The molecule has 1 aromatic carbocycles. The van der Waals surface area contributed by atoms with Crippen molar-refractivity contribution in [1.82, 2.24) is 0 Å². The molecule has 0 spiro atoms. The van der Waals surface area contributed by atoms with E-state index < -0.39 is 6.36 Å². The maximum absolute atomic E-state index is 12.1. The van der Waals surface area contributed by atoms with Gasteiger partial charge < -0.3 is 14.2 Å². The summed E-state index contributed by atoms with van der Waals surface area (Å²) in [6.45, 7) is 0.889. The minimum atomic E-state index is -4.73. The van der Waals surface area contributed by atoms with Crippen molar-refractivity contribution in [3.63, 3.8) is 0 Å². The molecule has 7 heteroatoms. The van der Waals surface area contributed by atoms with Gasteiger partial charge in [-0.15, -0.1) is 13.2 Å². The van der Waals surface area contributed by atoms with Crippen LogP contribution in [0.2, 0.25) is 0 Å². The van der Waals surface area contributed by atoms with Crippen LogP contribution >= 0.6 is 12.6 Å². The van der Waals surface area contributed by atoms with E-state index in [0.717, 1.165) is 0 Å². The van der Waals surface area contributed by atoms with Gasteiger partial charge in [-0.05, 0) is 12.1 Å². The predicted molar refractivity (Wildman–Crippen MR) is 63.3 cm³/mol. The summed E-state index contributed by atoms with van der Waals surface area (Å²) in [4.78, 5) is 0. The molecule has 1 aromatic rings. The Morgan fingerprint density at radius 1 is 1.00 bits per heavy atom. The second-order valence-corrected chi connectivity index (χ2v) is 3.63. The Hall–Kier alpha value is -1.08. The van der Waals surface area contributed by atoms with Gasteiger partial charge in [0.25, 0.3) is 0 Å². The highest BCUT2D eigenvalue weighted by molar-refractivity contribution is 7.80. The number of thiol groups is 1. The van der Waals surface area contributed by atoms with Crippen LogP contribution in [0.15, 0.2) is 24.3 Å². The highest BCUT2D eigenvalue weighted by Gasteiger charge is 2.32. The van der Waals surface area contributed by atoms with Crippen LogP contribution in [0.25, 0.3) is 0 Å². The first kappa shape index (κ1) is 15.0. The van der Waals surface area contributed by atoms with Gasteiger partial charge in [0, 0.05) is 5.75 Å². The molecule has 0 fully saturated rings. The number of ether oxygens (including phenoxy) is 3. The van der Waals surface area contributed by atoms with E-state index in [1.54, 1.807) is 6.07 Å². The minimum absolute atomic E-state index is 0.0318. The van der Waals surface area contributed by atoms with Gasteiger partial charge in [-0.25, -0.2) is 0 Å². The van der Waals surface area contributed by atoms with Crippen LogP contribution in [-0.4, -0.2) is 31.9 Å². The number of halogens is 3. The Labute approximate surface area is 108 Å². The van der Waals surface area contributed by atoms with Crippen LogP contribution in [0.5, 0.6) is 11.5 Å². The summed E-state index contributed by atoms with van der Waals surface area (Å²) < 4.78 is 50.4. The minimum Gasteiger partial charge on any atom is -0.487 e. The fourth-order valence-corrected chi connectivity index (χ4v) is 1.28. The molecule has 1 rings (SSSR count). The molecule has 0 atom stereocenters. The van der Waals surface area contributed by atoms with Gasteiger partial charge in [-0.3, -0.25) is 0 Å². The van der Waals surface area contributed by atoms with Crippen LogP contribution in [0.1, 0.15) is 0 Å². The molecule has 0 bridgehead atoms. The van der Waals surface area contributed by atoms with E-state index in [1.165, 1.54) is 18.2 Å². The molecule has 102 valence electrons. The lowest BCUT2D eigenvalue weighted by molar-refractivity contribution is -0.275. The molecule has 0 N–H and O–H groups in total. The van der Waals surface area contributed by atoms with Crippen molar-refractivity contribution in [2.24, 2.45) is 0 Å². The van der Waals surface area contributed by atoms with E-state index >= 15 is 0 Å². The molecule has 0 saturated heterocycles.